The topological polar surface area (TPSA) is 61.8 Å². The fourth-order valence-corrected chi connectivity index (χ4v) is 2.38. The van der Waals surface area contributed by atoms with Crippen molar-refractivity contribution in [3.63, 3.8) is 0 Å². The van der Waals surface area contributed by atoms with Gasteiger partial charge in [0, 0.05) is 25.8 Å². The van der Waals surface area contributed by atoms with Gasteiger partial charge in [-0.05, 0) is 46.2 Å². The van der Waals surface area contributed by atoms with E-state index < -0.39 is 11.5 Å². The van der Waals surface area contributed by atoms with Gasteiger partial charge in [-0.25, -0.2) is 0 Å². The molecule has 1 aliphatic rings. The maximum Gasteiger partial charge on any atom is 0.323 e. The molecule has 0 aliphatic carbocycles. The minimum absolute atomic E-state index is 0.526. The Labute approximate surface area is 116 Å². The van der Waals surface area contributed by atoms with E-state index >= 15 is 0 Å². The zero-order valence-corrected chi connectivity index (χ0v) is 12.4. The number of rotatable bonds is 8. The van der Waals surface area contributed by atoms with Gasteiger partial charge in [0.05, 0.1) is 0 Å². The van der Waals surface area contributed by atoms with Gasteiger partial charge >= 0.3 is 5.97 Å². The van der Waals surface area contributed by atoms with E-state index in [1.807, 2.05) is 6.92 Å². The molecular formula is C14H28N2O3. The second-order valence-corrected chi connectivity index (χ2v) is 5.64. The zero-order valence-electron chi connectivity index (χ0n) is 12.4. The third kappa shape index (κ3) is 5.09. The quantitative estimate of drug-likeness (QED) is 0.698. The molecule has 0 amide bonds. The molecule has 0 spiro atoms. The molecule has 112 valence electrons. The van der Waals surface area contributed by atoms with E-state index in [1.54, 1.807) is 6.92 Å². The first kappa shape index (κ1) is 16.4. The van der Waals surface area contributed by atoms with Crippen molar-refractivity contribution in [3.05, 3.63) is 0 Å². The molecule has 0 radical (unpaired) electrons. The van der Waals surface area contributed by atoms with E-state index in [0.29, 0.717) is 12.5 Å². The van der Waals surface area contributed by atoms with Crippen molar-refractivity contribution in [2.24, 2.45) is 0 Å². The summed E-state index contributed by atoms with van der Waals surface area (Å²) in [4.78, 5) is 13.7. The van der Waals surface area contributed by atoms with Gasteiger partial charge in [0.15, 0.2) is 0 Å². The zero-order chi connectivity index (χ0) is 14.3. The summed E-state index contributed by atoms with van der Waals surface area (Å²) >= 11 is 0. The molecule has 0 bridgehead atoms. The van der Waals surface area contributed by atoms with Crippen LogP contribution in [0.15, 0.2) is 0 Å². The molecule has 1 rings (SSSR count). The first-order valence-electron chi connectivity index (χ1n) is 7.26. The number of ether oxygens (including phenoxy) is 1. The van der Waals surface area contributed by atoms with Crippen LogP contribution in [0.3, 0.4) is 0 Å². The SMILES string of the molecule is CCCNC(C)(CCN(C)C1CCOCC1)C(=O)O. The van der Waals surface area contributed by atoms with Crippen molar-refractivity contribution in [1.29, 1.82) is 0 Å². The fraction of sp³-hybridized carbons (Fsp3) is 0.929. The highest BCUT2D eigenvalue weighted by Crippen LogP contribution is 2.16. The van der Waals surface area contributed by atoms with Crippen LogP contribution in [0.1, 0.15) is 39.5 Å². The fourth-order valence-electron chi connectivity index (χ4n) is 2.38. The van der Waals surface area contributed by atoms with Crippen LogP contribution >= 0.6 is 0 Å². The Hall–Kier alpha value is -0.650. The van der Waals surface area contributed by atoms with Gasteiger partial charge in [-0.2, -0.15) is 0 Å². The Bertz CT molecular complexity index is 280. The van der Waals surface area contributed by atoms with Crippen LogP contribution in [0, 0.1) is 0 Å². The second-order valence-electron chi connectivity index (χ2n) is 5.64. The van der Waals surface area contributed by atoms with E-state index in [9.17, 15) is 9.90 Å². The Morgan fingerprint density at radius 2 is 2.11 bits per heavy atom. The maximum atomic E-state index is 11.4. The van der Waals surface area contributed by atoms with Gasteiger partial charge in [0.2, 0.25) is 0 Å². The monoisotopic (exact) mass is 272 g/mol. The number of hydrogen-bond donors (Lipinski definition) is 2. The van der Waals surface area contributed by atoms with Crippen LogP contribution < -0.4 is 5.32 Å². The number of nitrogens with zero attached hydrogens (tertiary/aromatic N) is 1. The lowest BCUT2D eigenvalue weighted by Gasteiger charge is -2.34. The Balaban J connectivity index is 2.43. The Morgan fingerprint density at radius 3 is 2.63 bits per heavy atom. The summed E-state index contributed by atoms with van der Waals surface area (Å²) in [5.74, 6) is -0.763. The highest BCUT2D eigenvalue weighted by molar-refractivity contribution is 5.78. The number of carboxylic acid groups (broad SMARTS) is 1. The van der Waals surface area contributed by atoms with Crippen LogP contribution in [0.5, 0.6) is 0 Å². The standard InChI is InChI=1S/C14H28N2O3/c1-4-8-15-14(2,13(17)18)7-9-16(3)12-5-10-19-11-6-12/h12,15H,4-11H2,1-3H3,(H,17,18). The van der Waals surface area contributed by atoms with Crippen LogP contribution in [0.25, 0.3) is 0 Å². The van der Waals surface area contributed by atoms with Crippen molar-refractivity contribution in [2.75, 3.05) is 33.4 Å². The highest BCUT2D eigenvalue weighted by Gasteiger charge is 2.32. The molecule has 0 aromatic carbocycles. The van der Waals surface area contributed by atoms with Gasteiger partial charge in [-0.3, -0.25) is 4.79 Å². The van der Waals surface area contributed by atoms with Crippen LogP contribution in [0.4, 0.5) is 0 Å². The largest absolute Gasteiger partial charge is 0.480 e. The van der Waals surface area contributed by atoms with Gasteiger partial charge < -0.3 is 20.1 Å². The minimum Gasteiger partial charge on any atom is -0.480 e. The average molecular weight is 272 g/mol. The molecule has 5 heteroatoms. The third-order valence-corrected chi connectivity index (χ3v) is 4.02. The molecule has 2 N–H and O–H groups in total. The van der Waals surface area contributed by atoms with Gasteiger partial charge in [-0.1, -0.05) is 6.92 Å². The van der Waals surface area contributed by atoms with E-state index in [1.165, 1.54) is 0 Å². The molecule has 1 heterocycles. The summed E-state index contributed by atoms with van der Waals surface area (Å²) in [6.07, 6.45) is 3.65. The number of aliphatic carboxylic acids is 1. The smallest absolute Gasteiger partial charge is 0.323 e. The predicted molar refractivity (Wildman–Crippen MR) is 75.4 cm³/mol. The van der Waals surface area contributed by atoms with Crippen LogP contribution in [0.2, 0.25) is 0 Å². The van der Waals surface area contributed by atoms with Gasteiger partial charge in [0.1, 0.15) is 5.54 Å². The normalized spacial score (nSPS) is 20.4. The third-order valence-electron chi connectivity index (χ3n) is 4.02. The molecule has 1 unspecified atom stereocenters. The molecule has 5 nitrogen and oxygen atoms in total. The predicted octanol–water partition coefficient (Wildman–Crippen LogP) is 1.33. The summed E-state index contributed by atoms with van der Waals surface area (Å²) < 4.78 is 5.35. The molecular weight excluding hydrogens is 244 g/mol. The Kier molecular flexibility index (Phi) is 6.75. The van der Waals surface area contributed by atoms with Crippen molar-refractivity contribution >= 4 is 5.97 Å². The molecule has 1 atom stereocenters. The number of hydrogen-bond acceptors (Lipinski definition) is 4. The molecule has 0 aromatic heterocycles. The van der Waals surface area contributed by atoms with Crippen molar-refractivity contribution in [1.82, 2.24) is 10.2 Å². The lowest BCUT2D eigenvalue weighted by Crippen LogP contribution is -2.52. The van der Waals surface area contributed by atoms with Crippen LogP contribution in [-0.2, 0) is 9.53 Å². The van der Waals surface area contributed by atoms with E-state index in [4.69, 9.17) is 4.74 Å². The lowest BCUT2D eigenvalue weighted by atomic mass is 9.96. The van der Waals surface area contributed by atoms with E-state index in [-0.39, 0.29) is 0 Å². The van der Waals surface area contributed by atoms with E-state index in [0.717, 1.165) is 45.6 Å². The molecule has 1 saturated heterocycles. The minimum atomic E-state index is -0.824. The average Bonchev–Trinajstić information content (AvgIpc) is 2.43. The Morgan fingerprint density at radius 1 is 1.47 bits per heavy atom. The summed E-state index contributed by atoms with van der Waals surface area (Å²) in [7, 11) is 2.08. The molecule has 19 heavy (non-hydrogen) atoms. The first-order chi connectivity index (χ1) is 8.99. The molecule has 0 saturated carbocycles. The van der Waals surface area contributed by atoms with Crippen LogP contribution in [-0.4, -0.2) is 60.9 Å². The number of carbonyl (C=O) groups is 1. The van der Waals surface area contributed by atoms with Gasteiger partial charge in [-0.15, -0.1) is 0 Å². The summed E-state index contributed by atoms with van der Waals surface area (Å²) in [5.41, 5.74) is -0.824. The molecule has 0 aromatic rings. The van der Waals surface area contributed by atoms with E-state index in [2.05, 4.69) is 17.3 Å². The summed E-state index contributed by atoms with van der Waals surface area (Å²) in [6.45, 7) is 7.00. The maximum absolute atomic E-state index is 11.4. The molecule has 1 fully saturated rings. The van der Waals surface area contributed by atoms with Crippen molar-refractivity contribution < 1.29 is 14.6 Å². The molecule has 1 aliphatic heterocycles. The van der Waals surface area contributed by atoms with Crippen molar-refractivity contribution in [2.45, 2.75) is 51.1 Å². The van der Waals surface area contributed by atoms with Gasteiger partial charge in [0.25, 0.3) is 0 Å². The van der Waals surface area contributed by atoms with Crippen molar-refractivity contribution in [3.8, 4) is 0 Å². The summed E-state index contributed by atoms with van der Waals surface area (Å²) in [6, 6.07) is 0.526. The first-order valence-corrected chi connectivity index (χ1v) is 7.26. The second kappa shape index (κ2) is 7.82. The lowest BCUT2D eigenvalue weighted by molar-refractivity contribution is -0.144. The number of carboxylic acids is 1. The summed E-state index contributed by atoms with van der Waals surface area (Å²) in [5, 5.41) is 12.5. The highest BCUT2D eigenvalue weighted by atomic mass is 16.5. The number of nitrogens with one attached hydrogen (secondary N) is 1.